The first-order valence-corrected chi connectivity index (χ1v) is 9.57. The Balaban J connectivity index is 1.54. The molecule has 1 aliphatic carbocycles. The molecule has 1 aromatic carbocycles. The molecule has 7 heteroatoms. The summed E-state index contributed by atoms with van der Waals surface area (Å²) in [6.07, 6.45) is 3.74. The van der Waals surface area contributed by atoms with Crippen LogP contribution in [0, 0.1) is 0 Å². The van der Waals surface area contributed by atoms with Crippen LogP contribution < -0.4 is 10.5 Å². The van der Waals surface area contributed by atoms with Gasteiger partial charge in [-0.15, -0.1) is 0 Å². The first-order valence-electron chi connectivity index (χ1n) is 8.09. The fraction of sp³-hybridized carbons (Fsp3) is 0.562. The smallest absolute Gasteiger partial charge is 0.240 e. The van der Waals surface area contributed by atoms with Crippen LogP contribution in [0.1, 0.15) is 31.2 Å². The van der Waals surface area contributed by atoms with E-state index in [1.54, 1.807) is 24.3 Å². The van der Waals surface area contributed by atoms with Gasteiger partial charge in [-0.2, -0.15) is 0 Å². The molecule has 0 unspecified atom stereocenters. The third kappa shape index (κ3) is 4.31. The lowest BCUT2D eigenvalue weighted by Gasteiger charge is -2.15. The number of nitrogens with one attached hydrogen (secondary N) is 1. The Labute approximate surface area is 137 Å². The van der Waals surface area contributed by atoms with Crippen LogP contribution in [0.2, 0.25) is 0 Å². The highest BCUT2D eigenvalue weighted by molar-refractivity contribution is 7.89. The van der Waals surface area contributed by atoms with Gasteiger partial charge in [-0.1, -0.05) is 12.1 Å². The van der Waals surface area contributed by atoms with E-state index < -0.39 is 10.0 Å². The summed E-state index contributed by atoms with van der Waals surface area (Å²) in [6.45, 7) is 1.38. The minimum atomic E-state index is -3.40. The summed E-state index contributed by atoms with van der Waals surface area (Å²) in [7, 11) is -3.40. The molecule has 3 N–H and O–H groups in total. The maximum Gasteiger partial charge on any atom is 0.240 e. The molecule has 126 valence electrons. The van der Waals surface area contributed by atoms with Gasteiger partial charge in [0.2, 0.25) is 15.9 Å². The summed E-state index contributed by atoms with van der Waals surface area (Å²) >= 11 is 0. The quantitative estimate of drug-likeness (QED) is 0.796. The van der Waals surface area contributed by atoms with E-state index in [2.05, 4.69) is 4.72 Å². The van der Waals surface area contributed by atoms with E-state index in [4.69, 9.17) is 5.73 Å². The molecular weight excluding hydrogens is 314 g/mol. The monoisotopic (exact) mass is 337 g/mol. The molecule has 2 aliphatic rings. The van der Waals surface area contributed by atoms with Crippen LogP contribution in [-0.4, -0.2) is 44.4 Å². The number of aryl methyl sites for hydroxylation is 1. The zero-order chi connectivity index (χ0) is 16.4. The number of hydrogen-bond donors (Lipinski definition) is 2. The third-order valence-corrected chi connectivity index (χ3v) is 5.87. The molecular formula is C16H23N3O3S. The first kappa shape index (κ1) is 16.4. The van der Waals surface area contributed by atoms with Crippen molar-refractivity contribution < 1.29 is 13.2 Å². The fourth-order valence-corrected chi connectivity index (χ4v) is 4.05. The Hall–Kier alpha value is -1.44. The van der Waals surface area contributed by atoms with Crippen LogP contribution in [-0.2, 0) is 21.2 Å². The Morgan fingerprint density at radius 1 is 1.22 bits per heavy atom. The minimum absolute atomic E-state index is 0.0995. The molecule has 0 aromatic heterocycles. The number of carbonyl (C=O) groups excluding carboxylic acids is 1. The average molecular weight is 337 g/mol. The number of amides is 1. The summed E-state index contributed by atoms with van der Waals surface area (Å²) in [6, 6.07) is 6.98. The van der Waals surface area contributed by atoms with Crippen LogP contribution >= 0.6 is 0 Å². The summed E-state index contributed by atoms with van der Waals surface area (Å²) in [5.74, 6) is 0.116. The van der Waals surface area contributed by atoms with Crippen molar-refractivity contribution >= 4 is 15.9 Å². The topological polar surface area (TPSA) is 92.5 Å². The third-order valence-electron chi connectivity index (χ3n) is 4.34. The van der Waals surface area contributed by atoms with E-state index in [0.717, 1.165) is 31.4 Å². The maximum absolute atomic E-state index is 12.1. The van der Waals surface area contributed by atoms with Crippen LogP contribution in [0.3, 0.4) is 0 Å². The summed E-state index contributed by atoms with van der Waals surface area (Å²) in [4.78, 5) is 14.2. The number of nitrogens with zero attached hydrogens (tertiary/aromatic N) is 1. The number of likely N-dealkylation sites (tertiary alicyclic amines) is 1. The van der Waals surface area contributed by atoms with Crippen molar-refractivity contribution in [3.63, 3.8) is 0 Å². The molecule has 2 fully saturated rings. The summed E-state index contributed by atoms with van der Waals surface area (Å²) < 4.78 is 26.8. The second-order valence-electron chi connectivity index (χ2n) is 6.43. The van der Waals surface area contributed by atoms with Gasteiger partial charge in [-0.25, -0.2) is 13.1 Å². The van der Waals surface area contributed by atoms with E-state index in [1.165, 1.54) is 0 Å². The molecule has 1 aromatic rings. The average Bonchev–Trinajstić information content (AvgIpc) is 3.22. The van der Waals surface area contributed by atoms with Crippen molar-refractivity contribution in [1.29, 1.82) is 0 Å². The largest absolute Gasteiger partial charge is 0.341 e. The number of carbonyl (C=O) groups is 1. The van der Waals surface area contributed by atoms with Gasteiger partial charge in [-0.05, 0) is 43.4 Å². The lowest BCUT2D eigenvalue weighted by atomic mass is 10.1. The molecule has 23 heavy (non-hydrogen) atoms. The molecule has 1 atom stereocenters. The van der Waals surface area contributed by atoms with Crippen molar-refractivity contribution in [3.05, 3.63) is 29.8 Å². The van der Waals surface area contributed by atoms with Gasteiger partial charge in [0.15, 0.2) is 0 Å². The molecule has 6 nitrogen and oxygen atoms in total. The van der Waals surface area contributed by atoms with Crippen LogP contribution in [0.25, 0.3) is 0 Å². The zero-order valence-electron chi connectivity index (χ0n) is 13.1. The molecule has 1 aliphatic heterocycles. The number of benzene rings is 1. The van der Waals surface area contributed by atoms with E-state index in [1.807, 2.05) is 4.90 Å². The van der Waals surface area contributed by atoms with Crippen LogP contribution in [0.4, 0.5) is 0 Å². The number of rotatable bonds is 6. The van der Waals surface area contributed by atoms with E-state index in [0.29, 0.717) is 19.4 Å². The van der Waals surface area contributed by atoms with Crippen molar-refractivity contribution in [2.75, 3.05) is 13.1 Å². The van der Waals surface area contributed by atoms with Gasteiger partial charge in [0.1, 0.15) is 0 Å². The van der Waals surface area contributed by atoms with Crippen molar-refractivity contribution in [2.45, 2.75) is 49.1 Å². The highest BCUT2D eigenvalue weighted by Crippen LogP contribution is 2.22. The second-order valence-corrected chi connectivity index (χ2v) is 8.14. The predicted molar refractivity (Wildman–Crippen MR) is 87.3 cm³/mol. The number of nitrogens with two attached hydrogens (primary N) is 1. The van der Waals surface area contributed by atoms with Gasteiger partial charge < -0.3 is 10.6 Å². The molecule has 0 bridgehead atoms. The standard InChI is InChI=1S/C16H23N3O3S/c17-13-9-10-19(11-13)16(20)8-3-12-1-6-15(7-2-12)23(21,22)18-14-4-5-14/h1-2,6-7,13-14,18H,3-5,8-11,17H2/t13-/m1/s1. The number of hydrogen-bond acceptors (Lipinski definition) is 4. The maximum atomic E-state index is 12.1. The Bertz CT molecular complexity index is 668. The highest BCUT2D eigenvalue weighted by Gasteiger charge is 2.28. The van der Waals surface area contributed by atoms with Crippen LogP contribution in [0.15, 0.2) is 29.2 Å². The van der Waals surface area contributed by atoms with Crippen molar-refractivity contribution in [3.8, 4) is 0 Å². The van der Waals surface area contributed by atoms with Gasteiger partial charge in [0, 0.05) is 31.6 Å². The second kappa shape index (κ2) is 6.59. The first-order chi connectivity index (χ1) is 10.9. The van der Waals surface area contributed by atoms with E-state index in [-0.39, 0.29) is 22.9 Å². The normalized spacial score (nSPS) is 21.6. The Morgan fingerprint density at radius 3 is 2.48 bits per heavy atom. The molecule has 1 heterocycles. The summed E-state index contributed by atoms with van der Waals surface area (Å²) in [5, 5.41) is 0. The van der Waals surface area contributed by atoms with E-state index >= 15 is 0 Å². The minimum Gasteiger partial charge on any atom is -0.341 e. The lowest BCUT2D eigenvalue weighted by Crippen LogP contribution is -2.31. The lowest BCUT2D eigenvalue weighted by molar-refractivity contribution is -0.130. The molecule has 1 saturated carbocycles. The number of sulfonamides is 1. The molecule has 0 spiro atoms. The molecule has 0 radical (unpaired) electrons. The van der Waals surface area contributed by atoms with Gasteiger partial charge in [0.05, 0.1) is 4.90 Å². The summed E-state index contributed by atoms with van der Waals surface area (Å²) in [5.41, 5.74) is 6.77. The molecule has 1 amide bonds. The Kier molecular flexibility index (Phi) is 4.70. The van der Waals surface area contributed by atoms with Gasteiger partial charge >= 0.3 is 0 Å². The fourth-order valence-electron chi connectivity index (χ4n) is 2.75. The SMILES string of the molecule is N[C@@H]1CCN(C(=O)CCc2ccc(S(=O)(=O)NC3CC3)cc2)C1. The van der Waals surface area contributed by atoms with Crippen molar-refractivity contribution in [2.24, 2.45) is 5.73 Å². The molecule has 3 rings (SSSR count). The van der Waals surface area contributed by atoms with Crippen LogP contribution in [0.5, 0.6) is 0 Å². The highest BCUT2D eigenvalue weighted by atomic mass is 32.2. The zero-order valence-corrected chi connectivity index (χ0v) is 13.9. The Morgan fingerprint density at radius 2 is 1.91 bits per heavy atom. The predicted octanol–water partition coefficient (Wildman–Crippen LogP) is 0.619. The van der Waals surface area contributed by atoms with E-state index in [9.17, 15) is 13.2 Å². The molecule has 1 saturated heterocycles. The van der Waals surface area contributed by atoms with Gasteiger partial charge in [-0.3, -0.25) is 4.79 Å². The van der Waals surface area contributed by atoms with Crippen molar-refractivity contribution in [1.82, 2.24) is 9.62 Å². The van der Waals surface area contributed by atoms with Gasteiger partial charge in [0.25, 0.3) is 0 Å².